The van der Waals surface area contributed by atoms with Crippen LogP contribution in [0.4, 0.5) is 11.4 Å². The molecular formula is C52H41NOS. The molecule has 0 saturated carbocycles. The van der Waals surface area contributed by atoms with E-state index in [2.05, 4.69) is 170 Å². The van der Waals surface area contributed by atoms with E-state index in [1.54, 1.807) is 12.2 Å². The minimum absolute atomic E-state index is 0.348. The van der Waals surface area contributed by atoms with Crippen molar-refractivity contribution in [3.05, 3.63) is 225 Å². The summed E-state index contributed by atoms with van der Waals surface area (Å²) in [5.41, 5.74) is 12.1. The first-order chi connectivity index (χ1) is 27.1. The second kappa shape index (κ2) is 16.1. The van der Waals surface area contributed by atoms with Gasteiger partial charge in [0.05, 0.1) is 0 Å². The van der Waals surface area contributed by atoms with Crippen LogP contribution in [-0.4, -0.2) is 0 Å². The predicted molar refractivity (Wildman–Crippen MR) is 239 cm³/mol. The Hall–Kier alpha value is -6.68. The number of anilines is 2. The number of benzene rings is 5. The SMILES string of the molecule is C=CC=CC=CC1C=CC(N(c2ccc(C(C=C)=CC=C)cc2)c2ccc(-c3ccc(-c4ccc(-c5ccc6oc7ccccc7c6c5)cc4)s3)cc2)=CC1. The van der Waals surface area contributed by atoms with Gasteiger partial charge in [0.15, 0.2) is 0 Å². The quantitative estimate of drug-likeness (QED) is 0.117. The third kappa shape index (κ3) is 7.57. The largest absolute Gasteiger partial charge is 0.456 e. The third-order valence-corrected chi connectivity index (χ3v) is 11.1. The van der Waals surface area contributed by atoms with Crippen LogP contribution < -0.4 is 4.90 Å². The lowest BCUT2D eigenvalue weighted by Crippen LogP contribution is -2.17. The highest BCUT2D eigenvalue weighted by Gasteiger charge is 2.17. The summed E-state index contributed by atoms with van der Waals surface area (Å²) >= 11 is 1.82. The van der Waals surface area contributed by atoms with E-state index in [9.17, 15) is 0 Å². The first-order valence-corrected chi connectivity index (χ1v) is 19.4. The average Bonchev–Trinajstić information content (AvgIpc) is 3.88. The molecule has 0 saturated heterocycles. The van der Waals surface area contributed by atoms with Crippen LogP contribution in [0, 0.1) is 5.92 Å². The molecule has 5 aromatic carbocycles. The fourth-order valence-corrected chi connectivity index (χ4v) is 8.12. The van der Waals surface area contributed by atoms with Gasteiger partial charge in [-0.05, 0) is 106 Å². The van der Waals surface area contributed by atoms with Crippen molar-refractivity contribution in [2.45, 2.75) is 6.42 Å². The highest BCUT2D eigenvalue weighted by Crippen LogP contribution is 2.39. The maximum absolute atomic E-state index is 6.05. The smallest absolute Gasteiger partial charge is 0.135 e. The van der Waals surface area contributed by atoms with Gasteiger partial charge in [-0.3, -0.25) is 0 Å². The Kier molecular flexibility index (Phi) is 10.4. The molecule has 1 unspecified atom stereocenters. The van der Waals surface area contributed by atoms with Crippen molar-refractivity contribution in [3.8, 4) is 32.0 Å². The zero-order valence-electron chi connectivity index (χ0n) is 30.6. The van der Waals surface area contributed by atoms with E-state index in [0.717, 1.165) is 56.6 Å². The Bertz CT molecular complexity index is 2660. The van der Waals surface area contributed by atoms with Crippen LogP contribution in [0.1, 0.15) is 12.0 Å². The van der Waals surface area contributed by atoms with Crippen LogP contribution >= 0.6 is 11.3 Å². The Morgan fingerprint density at radius 3 is 1.96 bits per heavy atom. The van der Waals surface area contributed by atoms with E-state index in [1.165, 1.54) is 32.0 Å². The van der Waals surface area contributed by atoms with Crippen molar-refractivity contribution in [2.24, 2.45) is 5.92 Å². The first-order valence-electron chi connectivity index (χ1n) is 18.5. The highest BCUT2D eigenvalue weighted by molar-refractivity contribution is 7.18. The molecular weight excluding hydrogens is 687 g/mol. The molecule has 0 radical (unpaired) electrons. The molecule has 0 fully saturated rings. The van der Waals surface area contributed by atoms with Crippen LogP contribution in [0.25, 0.3) is 59.5 Å². The van der Waals surface area contributed by atoms with Crippen molar-refractivity contribution >= 4 is 50.2 Å². The number of hydrogen-bond donors (Lipinski definition) is 0. The van der Waals surface area contributed by atoms with Gasteiger partial charge < -0.3 is 9.32 Å². The standard InChI is InChI=1S/C52H41NOS/c1-4-7-8-9-13-37-16-27-44(28-17-37)53(45-29-22-39(23-30-45)38(6-3)12-5-2)46-31-24-42(25-32-46)52-35-34-51(55-52)41-20-18-40(19-21-41)43-26-33-50-48(36-43)47-14-10-11-15-49(47)54-50/h4-16,18-37H,1-3,17H2. The molecule has 0 spiro atoms. The number of hydrogen-bond acceptors (Lipinski definition) is 3. The number of furan rings is 1. The summed E-state index contributed by atoms with van der Waals surface area (Å²) in [6.07, 6.45) is 23.5. The average molecular weight is 728 g/mol. The molecule has 2 nitrogen and oxygen atoms in total. The van der Waals surface area contributed by atoms with Gasteiger partial charge in [0.2, 0.25) is 0 Å². The molecule has 55 heavy (non-hydrogen) atoms. The van der Waals surface area contributed by atoms with Crippen LogP contribution in [0.15, 0.2) is 224 Å². The molecule has 266 valence electrons. The van der Waals surface area contributed by atoms with Crippen LogP contribution in [0.5, 0.6) is 0 Å². The summed E-state index contributed by atoms with van der Waals surface area (Å²) in [4.78, 5) is 4.82. The van der Waals surface area contributed by atoms with Gasteiger partial charge in [-0.15, -0.1) is 11.3 Å². The molecule has 1 aliphatic carbocycles. The molecule has 2 heterocycles. The van der Waals surface area contributed by atoms with Crippen molar-refractivity contribution in [1.82, 2.24) is 0 Å². The predicted octanol–water partition coefficient (Wildman–Crippen LogP) is 15.3. The number of thiophene rings is 1. The lowest BCUT2D eigenvalue weighted by Gasteiger charge is -2.29. The molecule has 0 bridgehead atoms. The maximum Gasteiger partial charge on any atom is 0.135 e. The summed E-state index contributed by atoms with van der Waals surface area (Å²) in [6, 6.07) is 45.6. The molecule has 2 aromatic heterocycles. The van der Waals surface area contributed by atoms with Crippen LogP contribution in [-0.2, 0) is 0 Å². The molecule has 0 aliphatic heterocycles. The minimum atomic E-state index is 0.348. The lowest BCUT2D eigenvalue weighted by atomic mass is 9.97. The number of nitrogens with zero attached hydrogens (tertiary/aromatic N) is 1. The summed E-state index contributed by atoms with van der Waals surface area (Å²) in [6.45, 7) is 11.6. The summed E-state index contributed by atoms with van der Waals surface area (Å²) in [5.74, 6) is 0.348. The van der Waals surface area contributed by atoms with E-state index in [4.69, 9.17) is 4.42 Å². The summed E-state index contributed by atoms with van der Waals surface area (Å²) in [7, 11) is 0. The van der Waals surface area contributed by atoms with Gasteiger partial charge >= 0.3 is 0 Å². The second-order valence-corrected chi connectivity index (χ2v) is 14.5. The monoisotopic (exact) mass is 727 g/mol. The Morgan fingerprint density at radius 2 is 1.29 bits per heavy atom. The van der Waals surface area contributed by atoms with E-state index in [-0.39, 0.29) is 0 Å². The molecule has 1 aliphatic rings. The van der Waals surface area contributed by atoms with Gasteiger partial charge in [0, 0.05) is 37.6 Å². The van der Waals surface area contributed by atoms with Gasteiger partial charge in [-0.25, -0.2) is 0 Å². The molecule has 3 heteroatoms. The van der Waals surface area contributed by atoms with Crippen molar-refractivity contribution < 1.29 is 4.42 Å². The second-order valence-electron chi connectivity index (χ2n) is 13.4. The number of allylic oxidation sites excluding steroid dienone is 12. The van der Waals surface area contributed by atoms with Crippen LogP contribution in [0.3, 0.4) is 0 Å². The summed E-state index contributed by atoms with van der Waals surface area (Å²) in [5, 5.41) is 2.29. The van der Waals surface area contributed by atoms with E-state index in [0.29, 0.717) is 5.92 Å². The van der Waals surface area contributed by atoms with Crippen molar-refractivity contribution in [1.29, 1.82) is 0 Å². The normalized spacial score (nSPS) is 14.5. The third-order valence-electron chi connectivity index (χ3n) is 9.96. The van der Waals surface area contributed by atoms with Crippen molar-refractivity contribution in [2.75, 3.05) is 4.90 Å². The lowest BCUT2D eigenvalue weighted by molar-refractivity contribution is 0.669. The molecule has 0 amide bonds. The van der Waals surface area contributed by atoms with E-state index >= 15 is 0 Å². The fourth-order valence-electron chi connectivity index (χ4n) is 7.10. The minimum Gasteiger partial charge on any atom is -0.456 e. The summed E-state index contributed by atoms with van der Waals surface area (Å²) < 4.78 is 6.05. The Labute approximate surface area is 327 Å². The van der Waals surface area contributed by atoms with E-state index in [1.807, 2.05) is 47.8 Å². The molecule has 7 aromatic rings. The zero-order chi connectivity index (χ0) is 37.6. The fraction of sp³-hybridized carbons (Fsp3) is 0.0385. The maximum atomic E-state index is 6.05. The topological polar surface area (TPSA) is 16.4 Å². The number of para-hydroxylation sites is 1. The van der Waals surface area contributed by atoms with Gasteiger partial charge in [0.1, 0.15) is 11.2 Å². The van der Waals surface area contributed by atoms with Crippen LogP contribution in [0.2, 0.25) is 0 Å². The Balaban J connectivity index is 1.03. The zero-order valence-corrected chi connectivity index (χ0v) is 31.5. The molecule has 1 atom stereocenters. The Morgan fingerprint density at radius 1 is 0.636 bits per heavy atom. The highest BCUT2D eigenvalue weighted by atomic mass is 32.1. The molecule has 0 N–H and O–H groups in total. The number of rotatable bonds is 12. The number of fused-ring (bicyclic) bond motifs is 3. The molecule has 8 rings (SSSR count). The first kappa shape index (κ1) is 35.4. The van der Waals surface area contributed by atoms with Crippen molar-refractivity contribution in [3.63, 3.8) is 0 Å². The van der Waals surface area contributed by atoms with Gasteiger partial charge in [-0.1, -0.05) is 153 Å². The van der Waals surface area contributed by atoms with E-state index < -0.39 is 0 Å². The van der Waals surface area contributed by atoms with Gasteiger partial charge in [-0.2, -0.15) is 0 Å². The van der Waals surface area contributed by atoms with Gasteiger partial charge in [0.25, 0.3) is 0 Å².